The molecule has 1 aromatic rings. The molecule has 0 bridgehead atoms. The number of rotatable bonds is 6. The predicted octanol–water partition coefficient (Wildman–Crippen LogP) is 1.07. The summed E-state index contributed by atoms with van der Waals surface area (Å²) in [6, 6.07) is 0. The van der Waals surface area contributed by atoms with Crippen molar-refractivity contribution in [1.82, 2.24) is 15.6 Å². The summed E-state index contributed by atoms with van der Waals surface area (Å²) in [6.07, 6.45) is 0.526. The summed E-state index contributed by atoms with van der Waals surface area (Å²) in [6.45, 7) is 6.05. The topological polar surface area (TPSA) is 54.0 Å². The molecule has 15 heavy (non-hydrogen) atoms. The monoisotopic (exact) mass is 227 g/mol. The van der Waals surface area contributed by atoms with Crippen LogP contribution in [-0.4, -0.2) is 24.0 Å². The van der Waals surface area contributed by atoms with Gasteiger partial charge in [0.25, 0.3) is 0 Å². The van der Waals surface area contributed by atoms with Crippen LogP contribution in [0.4, 0.5) is 0 Å². The summed E-state index contributed by atoms with van der Waals surface area (Å²) >= 11 is 1.64. The van der Waals surface area contributed by atoms with Crippen LogP contribution in [0.3, 0.4) is 0 Å². The zero-order chi connectivity index (χ0) is 11.1. The van der Waals surface area contributed by atoms with E-state index in [0.717, 1.165) is 17.2 Å². The number of nitrogens with zero attached hydrogens (tertiary/aromatic N) is 1. The maximum atomic E-state index is 11.1. The first kappa shape index (κ1) is 12.1. The van der Waals surface area contributed by atoms with Crippen molar-refractivity contribution in [2.24, 2.45) is 0 Å². The van der Waals surface area contributed by atoms with Crippen LogP contribution in [-0.2, 0) is 11.3 Å². The van der Waals surface area contributed by atoms with E-state index in [1.165, 1.54) is 0 Å². The molecule has 0 aliphatic carbocycles. The molecule has 0 spiro atoms. The zero-order valence-electron chi connectivity index (χ0n) is 9.17. The fourth-order valence-electron chi connectivity index (χ4n) is 1.17. The van der Waals surface area contributed by atoms with Gasteiger partial charge in [-0.25, -0.2) is 4.98 Å². The van der Waals surface area contributed by atoms with Crippen molar-refractivity contribution >= 4 is 17.2 Å². The lowest BCUT2D eigenvalue weighted by molar-refractivity contribution is -0.120. The Labute approximate surface area is 94.1 Å². The van der Waals surface area contributed by atoms with Gasteiger partial charge < -0.3 is 10.6 Å². The van der Waals surface area contributed by atoms with Crippen molar-refractivity contribution in [2.45, 2.75) is 26.8 Å². The maximum absolute atomic E-state index is 11.1. The molecule has 0 fully saturated rings. The van der Waals surface area contributed by atoms with Crippen LogP contribution < -0.4 is 10.6 Å². The highest BCUT2D eigenvalue weighted by Crippen LogP contribution is 2.07. The Bertz CT molecular complexity index is 311. The molecule has 2 N–H and O–H groups in total. The summed E-state index contributed by atoms with van der Waals surface area (Å²) in [5.41, 5.74) is 1.06. The minimum Gasteiger partial charge on any atom is -0.356 e. The third kappa shape index (κ3) is 4.90. The number of aromatic nitrogens is 1. The molecule has 0 aliphatic rings. The van der Waals surface area contributed by atoms with Gasteiger partial charge in [0.1, 0.15) is 5.01 Å². The predicted molar refractivity (Wildman–Crippen MR) is 61.9 cm³/mol. The standard InChI is InChI=1S/C10H17N3OS/c1-3-12-9(14)4-5-11-6-10-13-8(2)7-15-10/h7,11H,3-6H2,1-2H3,(H,12,14). The van der Waals surface area contributed by atoms with Gasteiger partial charge in [0.15, 0.2) is 0 Å². The van der Waals surface area contributed by atoms with Gasteiger partial charge in [0, 0.05) is 37.1 Å². The van der Waals surface area contributed by atoms with Gasteiger partial charge in [-0.3, -0.25) is 4.79 Å². The lowest BCUT2D eigenvalue weighted by Crippen LogP contribution is -2.27. The van der Waals surface area contributed by atoms with Crippen LogP contribution in [0, 0.1) is 6.92 Å². The molecule has 1 heterocycles. The molecule has 1 rings (SSSR count). The minimum atomic E-state index is 0.0975. The number of hydrogen-bond acceptors (Lipinski definition) is 4. The van der Waals surface area contributed by atoms with E-state index < -0.39 is 0 Å². The molecular formula is C10H17N3OS. The fraction of sp³-hybridized carbons (Fsp3) is 0.600. The van der Waals surface area contributed by atoms with E-state index in [2.05, 4.69) is 15.6 Å². The number of aryl methyl sites for hydroxylation is 1. The molecule has 0 unspecified atom stereocenters. The minimum absolute atomic E-state index is 0.0975. The van der Waals surface area contributed by atoms with E-state index in [1.54, 1.807) is 11.3 Å². The Morgan fingerprint density at radius 3 is 3.00 bits per heavy atom. The molecule has 0 atom stereocenters. The van der Waals surface area contributed by atoms with Crippen LogP contribution in [0.1, 0.15) is 24.0 Å². The smallest absolute Gasteiger partial charge is 0.221 e. The van der Waals surface area contributed by atoms with Crippen LogP contribution in [0.5, 0.6) is 0 Å². The van der Waals surface area contributed by atoms with E-state index in [4.69, 9.17) is 0 Å². The molecule has 0 saturated carbocycles. The highest BCUT2D eigenvalue weighted by atomic mass is 32.1. The highest BCUT2D eigenvalue weighted by Gasteiger charge is 2.00. The Kier molecular flexibility index (Phi) is 5.28. The lowest BCUT2D eigenvalue weighted by Gasteiger charge is -2.02. The first-order chi connectivity index (χ1) is 7.22. The molecule has 0 saturated heterocycles. The van der Waals surface area contributed by atoms with Gasteiger partial charge in [-0.05, 0) is 13.8 Å². The number of nitrogens with one attached hydrogen (secondary N) is 2. The van der Waals surface area contributed by atoms with Crippen molar-refractivity contribution in [3.63, 3.8) is 0 Å². The van der Waals surface area contributed by atoms with Crippen molar-refractivity contribution < 1.29 is 4.79 Å². The molecule has 5 heteroatoms. The third-order valence-electron chi connectivity index (χ3n) is 1.85. The zero-order valence-corrected chi connectivity index (χ0v) is 9.99. The normalized spacial score (nSPS) is 10.3. The molecule has 1 aromatic heterocycles. The lowest BCUT2D eigenvalue weighted by atomic mass is 10.4. The van der Waals surface area contributed by atoms with Gasteiger partial charge in [-0.15, -0.1) is 11.3 Å². The van der Waals surface area contributed by atoms with Crippen LogP contribution in [0.2, 0.25) is 0 Å². The van der Waals surface area contributed by atoms with E-state index in [0.29, 0.717) is 19.5 Å². The van der Waals surface area contributed by atoms with E-state index in [1.807, 2.05) is 19.2 Å². The van der Waals surface area contributed by atoms with Crippen LogP contribution >= 0.6 is 11.3 Å². The number of carbonyl (C=O) groups excluding carboxylic acids is 1. The summed E-state index contributed by atoms with van der Waals surface area (Å²) in [4.78, 5) is 15.4. The first-order valence-electron chi connectivity index (χ1n) is 5.10. The maximum Gasteiger partial charge on any atom is 0.221 e. The second-order valence-corrected chi connectivity index (χ2v) is 4.21. The molecule has 0 aliphatic heterocycles. The molecular weight excluding hydrogens is 210 g/mol. The second kappa shape index (κ2) is 6.53. The summed E-state index contributed by atoms with van der Waals surface area (Å²) < 4.78 is 0. The Balaban J connectivity index is 2.09. The number of hydrogen-bond donors (Lipinski definition) is 2. The molecule has 0 radical (unpaired) electrons. The SMILES string of the molecule is CCNC(=O)CCNCc1nc(C)cs1. The highest BCUT2D eigenvalue weighted by molar-refractivity contribution is 7.09. The number of carbonyl (C=O) groups is 1. The van der Waals surface area contributed by atoms with Gasteiger partial charge in [0.05, 0.1) is 0 Å². The van der Waals surface area contributed by atoms with Crippen molar-refractivity contribution in [3.8, 4) is 0 Å². The molecule has 4 nitrogen and oxygen atoms in total. The Morgan fingerprint density at radius 1 is 1.60 bits per heavy atom. The summed E-state index contributed by atoms with van der Waals surface area (Å²) in [7, 11) is 0. The molecule has 0 aromatic carbocycles. The summed E-state index contributed by atoms with van der Waals surface area (Å²) in [5, 5.41) is 9.05. The van der Waals surface area contributed by atoms with Gasteiger partial charge >= 0.3 is 0 Å². The molecule has 84 valence electrons. The summed E-state index contributed by atoms with van der Waals surface area (Å²) in [5.74, 6) is 0.0975. The average molecular weight is 227 g/mol. The van der Waals surface area contributed by atoms with Gasteiger partial charge in [-0.2, -0.15) is 0 Å². The Morgan fingerprint density at radius 2 is 2.40 bits per heavy atom. The van der Waals surface area contributed by atoms with Gasteiger partial charge in [-0.1, -0.05) is 0 Å². The van der Waals surface area contributed by atoms with E-state index in [-0.39, 0.29) is 5.91 Å². The fourth-order valence-corrected chi connectivity index (χ4v) is 1.91. The van der Waals surface area contributed by atoms with Crippen molar-refractivity contribution in [1.29, 1.82) is 0 Å². The van der Waals surface area contributed by atoms with Crippen LogP contribution in [0.25, 0.3) is 0 Å². The van der Waals surface area contributed by atoms with Crippen molar-refractivity contribution in [2.75, 3.05) is 13.1 Å². The average Bonchev–Trinajstić information content (AvgIpc) is 2.60. The largest absolute Gasteiger partial charge is 0.356 e. The molecule has 1 amide bonds. The number of thiazole rings is 1. The van der Waals surface area contributed by atoms with E-state index in [9.17, 15) is 4.79 Å². The quantitative estimate of drug-likeness (QED) is 0.715. The van der Waals surface area contributed by atoms with Gasteiger partial charge in [0.2, 0.25) is 5.91 Å². The van der Waals surface area contributed by atoms with Crippen molar-refractivity contribution in [3.05, 3.63) is 16.1 Å². The first-order valence-corrected chi connectivity index (χ1v) is 5.98. The Hall–Kier alpha value is -0.940. The van der Waals surface area contributed by atoms with Crippen LogP contribution in [0.15, 0.2) is 5.38 Å². The number of amides is 1. The van der Waals surface area contributed by atoms with E-state index >= 15 is 0 Å². The second-order valence-electron chi connectivity index (χ2n) is 3.26. The third-order valence-corrected chi connectivity index (χ3v) is 2.81.